The van der Waals surface area contributed by atoms with Gasteiger partial charge in [0.25, 0.3) is 0 Å². The van der Waals surface area contributed by atoms with E-state index in [1.165, 1.54) is 32.1 Å². The van der Waals surface area contributed by atoms with Crippen molar-refractivity contribution in [3.05, 3.63) is 36.5 Å². The van der Waals surface area contributed by atoms with Crippen LogP contribution in [0.15, 0.2) is 36.5 Å². The van der Waals surface area contributed by atoms with Crippen molar-refractivity contribution in [3.63, 3.8) is 0 Å². The van der Waals surface area contributed by atoms with E-state index >= 15 is 0 Å². The fourth-order valence-electron chi connectivity index (χ4n) is 1.52. The molecule has 16 heavy (non-hydrogen) atoms. The SMILES string of the molecule is CCC=CCC=CC/C=C\CCCCCC. The van der Waals surface area contributed by atoms with E-state index < -0.39 is 0 Å². The molecule has 0 radical (unpaired) electrons. The maximum atomic E-state index is 2.32. The second kappa shape index (κ2) is 14.2. The Kier molecular flexibility index (Phi) is 13.5. The van der Waals surface area contributed by atoms with Crippen molar-refractivity contribution < 1.29 is 0 Å². The van der Waals surface area contributed by atoms with Crippen LogP contribution in [0.3, 0.4) is 0 Å². The van der Waals surface area contributed by atoms with Crippen molar-refractivity contribution in [1.82, 2.24) is 0 Å². The van der Waals surface area contributed by atoms with Crippen LogP contribution < -0.4 is 0 Å². The van der Waals surface area contributed by atoms with Gasteiger partial charge in [-0.15, -0.1) is 0 Å². The van der Waals surface area contributed by atoms with E-state index in [2.05, 4.69) is 50.3 Å². The largest absolute Gasteiger partial charge is 0.0885 e. The molecule has 0 amide bonds. The molecule has 0 aromatic carbocycles. The lowest BCUT2D eigenvalue weighted by Crippen LogP contribution is -1.73. The first-order valence-electron chi connectivity index (χ1n) is 6.86. The van der Waals surface area contributed by atoms with Gasteiger partial charge in [-0.3, -0.25) is 0 Å². The summed E-state index contributed by atoms with van der Waals surface area (Å²) in [5, 5.41) is 0. The summed E-state index contributed by atoms with van der Waals surface area (Å²) < 4.78 is 0. The summed E-state index contributed by atoms with van der Waals surface area (Å²) >= 11 is 0. The van der Waals surface area contributed by atoms with Crippen molar-refractivity contribution >= 4 is 0 Å². The minimum atomic E-state index is 1.08. The summed E-state index contributed by atoms with van der Waals surface area (Å²) in [5.74, 6) is 0. The highest BCUT2D eigenvalue weighted by atomic mass is 13.9. The molecule has 0 fully saturated rings. The normalized spacial score (nSPS) is 12.4. The van der Waals surface area contributed by atoms with Crippen molar-refractivity contribution in [2.45, 2.75) is 65.2 Å². The van der Waals surface area contributed by atoms with Crippen LogP contribution in [-0.4, -0.2) is 0 Å². The number of unbranched alkanes of at least 4 members (excludes halogenated alkanes) is 4. The Morgan fingerprint density at radius 3 is 1.88 bits per heavy atom. The molecule has 0 bridgehead atoms. The van der Waals surface area contributed by atoms with Gasteiger partial charge < -0.3 is 0 Å². The highest BCUT2D eigenvalue weighted by Crippen LogP contribution is 2.03. The highest BCUT2D eigenvalue weighted by molar-refractivity contribution is 4.96. The lowest BCUT2D eigenvalue weighted by molar-refractivity contribution is 0.674. The molecule has 0 aliphatic heterocycles. The van der Waals surface area contributed by atoms with E-state index in [9.17, 15) is 0 Å². The molecule has 0 atom stereocenters. The molecule has 0 aromatic heterocycles. The zero-order chi connectivity index (χ0) is 11.9. The molecular formula is C16H28. The molecule has 0 unspecified atom stereocenters. The zero-order valence-electron chi connectivity index (χ0n) is 11.1. The third-order valence-electron chi connectivity index (χ3n) is 2.50. The summed E-state index contributed by atoms with van der Waals surface area (Å²) in [6.45, 7) is 4.43. The molecule has 0 heteroatoms. The predicted molar refractivity (Wildman–Crippen MR) is 75.7 cm³/mol. The van der Waals surface area contributed by atoms with Crippen LogP contribution >= 0.6 is 0 Å². The summed E-state index contributed by atoms with van der Waals surface area (Å²) in [5.41, 5.74) is 0. The summed E-state index contributed by atoms with van der Waals surface area (Å²) in [6, 6.07) is 0. The predicted octanol–water partition coefficient (Wildman–Crippen LogP) is 5.82. The standard InChI is InChI=1S/C16H28/c1-3-5-7-9-11-13-15-16-14-12-10-8-6-4-2/h5,7,11,13-14,16H,3-4,6,8-10,12,15H2,1-2H3/b7-5?,13-11?,16-14-. The second-order valence-corrected chi connectivity index (χ2v) is 4.14. The van der Waals surface area contributed by atoms with Crippen LogP contribution in [0.5, 0.6) is 0 Å². The molecule has 92 valence electrons. The third-order valence-corrected chi connectivity index (χ3v) is 2.50. The maximum absolute atomic E-state index is 2.32. The Morgan fingerprint density at radius 2 is 1.25 bits per heavy atom. The third kappa shape index (κ3) is 13.2. The molecule has 0 aliphatic rings. The summed E-state index contributed by atoms with van der Waals surface area (Å²) in [6.07, 6.45) is 23.6. The average Bonchev–Trinajstić information content (AvgIpc) is 2.31. The van der Waals surface area contributed by atoms with Gasteiger partial charge in [0.1, 0.15) is 0 Å². The van der Waals surface area contributed by atoms with E-state index in [-0.39, 0.29) is 0 Å². The zero-order valence-corrected chi connectivity index (χ0v) is 11.1. The molecule has 0 saturated carbocycles. The number of hydrogen-bond acceptors (Lipinski definition) is 0. The Hall–Kier alpha value is -0.780. The minimum Gasteiger partial charge on any atom is -0.0885 e. The van der Waals surface area contributed by atoms with Crippen LogP contribution in [-0.2, 0) is 0 Å². The fraction of sp³-hybridized carbons (Fsp3) is 0.625. The van der Waals surface area contributed by atoms with Gasteiger partial charge in [-0.1, -0.05) is 69.6 Å². The average molecular weight is 220 g/mol. The van der Waals surface area contributed by atoms with Crippen molar-refractivity contribution in [2.24, 2.45) is 0 Å². The van der Waals surface area contributed by atoms with E-state index in [0.29, 0.717) is 0 Å². The number of hydrogen-bond donors (Lipinski definition) is 0. The smallest absolute Gasteiger partial charge is 0.0169 e. The Balaban J connectivity index is 3.23. The van der Waals surface area contributed by atoms with Crippen LogP contribution in [0.1, 0.15) is 65.2 Å². The van der Waals surface area contributed by atoms with Crippen molar-refractivity contribution in [1.29, 1.82) is 0 Å². The van der Waals surface area contributed by atoms with Gasteiger partial charge in [-0.2, -0.15) is 0 Å². The van der Waals surface area contributed by atoms with Crippen LogP contribution in [0.2, 0.25) is 0 Å². The lowest BCUT2D eigenvalue weighted by Gasteiger charge is -1.93. The van der Waals surface area contributed by atoms with Crippen LogP contribution in [0.25, 0.3) is 0 Å². The second-order valence-electron chi connectivity index (χ2n) is 4.14. The Morgan fingerprint density at radius 1 is 0.625 bits per heavy atom. The highest BCUT2D eigenvalue weighted by Gasteiger charge is 1.83. The molecule has 0 rings (SSSR count). The van der Waals surface area contributed by atoms with Gasteiger partial charge in [0.2, 0.25) is 0 Å². The first-order chi connectivity index (χ1) is 7.91. The molecule has 0 aromatic rings. The van der Waals surface area contributed by atoms with Gasteiger partial charge >= 0.3 is 0 Å². The quantitative estimate of drug-likeness (QED) is 0.321. The molecule has 0 aliphatic carbocycles. The number of rotatable bonds is 10. The van der Waals surface area contributed by atoms with E-state index in [1.54, 1.807) is 0 Å². The first-order valence-corrected chi connectivity index (χ1v) is 6.86. The first kappa shape index (κ1) is 15.2. The number of allylic oxidation sites excluding steroid dienone is 6. The molecule has 0 nitrogen and oxygen atoms in total. The molecule has 0 spiro atoms. The minimum absolute atomic E-state index is 1.08. The summed E-state index contributed by atoms with van der Waals surface area (Å²) in [7, 11) is 0. The Bertz CT molecular complexity index is 196. The van der Waals surface area contributed by atoms with Gasteiger partial charge in [0.05, 0.1) is 0 Å². The summed E-state index contributed by atoms with van der Waals surface area (Å²) in [4.78, 5) is 0. The lowest BCUT2D eigenvalue weighted by atomic mass is 10.1. The van der Waals surface area contributed by atoms with Crippen molar-refractivity contribution in [3.8, 4) is 0 Å². The van der Waals surface area contributed by atoms with E-state index in [1.807, 2.05) is 0 Å². The van der Waals surface area contributed by atoms with E-state index in [4.69, 9.17) is 0 Å². The Labute approximate surface area is 102 Å². The van der Waals surface area contributed by atoms with Gasteiger partial charge in [-0.05, 0) is 32.1 Å². The fourth-order valence-corrected chi connectivity index (χ4v) is 1.52. The van der Waals surface area contributed by atoms with Gasteiger partial charge in [-0.25, -0.2) is 0 Å². The van der Waals surface area contributed by atoms with Crippen molar-refractivity contribution in [2.75, 3.05) is 0 Å². The van der Waals surface area contributed by atoms with Crippen LogP contribution in [0, 0.1) is 0 Å². The molecular weight excluding hydrogens is 192 g/mol. The molecule has 0 N–H and O–H groups in total. The molecule has 0 saturated heterocycles. The topological polar surface area (TPSA) is 0 Å². The monoisotopic (exact) mass is 220 g/mol. The molecule has 0 heterocycles. The van der Waals surface area contributed by atoms with Gasteiger partial charge in [0.15, 0.2) is 0 Å². The van der Waals surface area contributed by atoms with Crippen LogP contribution in [0.4, 0.5) is 0 Å². The van der Waals surface area contributed by atoms with Gasteiger partial charge in [0, 0.05) is 0 Å². The maximum Gasteiger partial charge on any atom is -0.0169 e. The van der Waals surface area contributed by atoms with E-state index in [0.717, 1.165) is 19.3 Å².